The number of likely N-dealkylation sites (tertiary alicyclic amines) is 1. The van der Waals surface area contributed by atoms with E-state index in [4.69, 9.17) is 4.74 Å². The average Bonchev–Trinajstić information content (AvgIpc) is 3.74. The maximum absolute atomic E-state index is 13.6. The second-order valence-electron chi connectivity index (χ2n) is 12.9. The zero-order chi connectivity index (χ0) is 32.4. The first kappa shape index (κ1) is 31.7. The van der Waals surface area contributed by atoms with Crippen molar-refractivity contribution in [3.63, 3.8) is 0 Å². The van der Waals surface area contributed by atoms with Crippen LogP contribution in [-0.2, 0) is 14.3 Å². The molecule has 2 aliphatic heterocycles. The Bertz CT molecular complexity index is 1650. The number of amides is 3. The molecule has 1 aromatic heterocycles. The van der Waals surface area contributed by atoms with Crippen LogP contribution in [0.1, 0.15) is 74.1 Å². The van der Waals surface area contributed by atoms with Crippen molar-refractivity contribution in [2.75, 3.05) is 31.1 Å². The lowest BCUT2D eigenvalue weighted by Gasteiger charge is -2.37. The number of morpholine rings is 1. The predicted octanol–water partition coefficient (Wildman–Crippen LogP) is 5.01. The van der Waals surface area contributed by atoms with Crippen molar-refractivity contribution >= 4 is 40.4 Å². The van der Waals surface area contributed by atoms with Crippen molar-refractivity contribution in [1.82, 2.24) is 20.5 Å². The number of allylic oxidation sites excluding steroid dienone is 1. The highest BCUT2D eigenvalue weighted by atomic mass is 19.1. The van der Waals surface area contributed by atoms with Gasteiger partial charge in [-0.05, 0) is 99.9 Å². The van der Waals surface area contributed by atoms with Crippen molar-refractivity contribution in [2.45, 2.75) is 70.7 Å². The van der Waals surface area contributed by atoms with Gasteiger partial charge < -0.3 is 25.2 Å². The van der Waals surface area contributed by atoms with Crippen LogP contribution in [0.25, 0.3) is 17.0 Å². The predicted molar refractivity (Wildman–Crippen MR) is 176 cm³/mol. The summed E-state index contributed by atoms with van der Waals surface area (Å²) in [4.78, 5) is 47.7. The van der Waals surface area contributed by atoms with Gasteiger partial charge >= 0.3 is 0 Å². The number of carbonyl (C=O) groups is 3. The molecule has 3 fully saturated rings. The van der Waals surface area contributed by atoms with Crippen molar-refractivity contribution in [3.05, 3.63) is 77.2 Å². The molecule has 2 N–H and O–H groups in total. The molecule has 3 heterocycles. The highest BCUT2D eigenvalue weighted by molar-refractivity contribution is 5.97. The minimum Gasteiger partial charge on any atom is -0.372 e. The number of aromatic nitrogens is 1. The second-order valence-corrected chi connectivity index (χ2v) is 12.9. The van der Waals surface area contributed by atoms with Crippen LogP contribution in [0, 0.1) is 11.7 Å². The van der Waals surface area contributed by atoms with Gasteiger partial charge in [0, 0.05) is 30.7 Å². The van der Waals surface area contributed by atoms with Crippen LogP contribution < -0.4 is 15.5 Å². The molecule has 2 aromatic carbocycles. The number of fused-ring (bicyclic) bond motifs is 1. The van der Waals surface area contributed by atoms with Crippen LogP contribution in [0.3, 0.4) is 0 Å². The fourth-order valence-corrected chi connectivity index (χ4v) is 6.51. The topological polar surface area (TPSA) is 104 Å². The normalized spacial score (nSPS) is 22.3. The Kier molecular flexibility index (Phi) is 9.35. The first-order valence-corrected chi connectivity index (χ1v) is 16.3. The van der Waals surface area contributed by atoms with E-state index < -0.39 is 11.9 Å². The van der Waals surface area contributed by atoms with Gasteiger partial charge in [-0.25, -0.2) is 9.37 Å². The van der Waals surface area contributed by atoms with E-state index in [9.17, 15) is 18.8 Å². The molecule has 3 unspecified atom stereocenters. The van der Waals surface area contributed by atoms with E-state index in [1.807, 2.05) is 6.92 Å². The summed E-state index contributed by atoms with van der Waals surface area (Å²) in [6.07, 6.45) is 8.44. The summed E-state index contributed by atoms with van der Waals surface area (Å²) in [5.74, 6) is -0.805. The number of benzene rings is 2. The second kappa shape index (κ2) is 13.6. The van der Waals surface area contributed by atoms with E-state index in [-0.39, 0.29) is 48.1 Å². The number of hydrogen-bond acceptors (Lipinski definition) is 6. The van der Waals surface area contributed by atoms with Gasteiger partial charge in [0.2, 0.25) is 11.8 Å². The third kappa shape index (κ3) is 7.39. The number of halogens is 1. The number of nitrogens with one attached hydrogen (secondary N) is 2. The Hall–Kier alpha value is -4.31. The van der Waals surface area contributed by atoms with Crippen LogP contribution in [0.2, 0.25) is 0 Å². The molecule has 9 nitrogen and oxygen atoms in total. The fraction of sp³-hybridized carbons (Fsp3) is 0.444. The third-order valence-corrected chi connectivity index (χ3v) is 9.01. The molecule has 10 heteroatoms. The molecular weight excluding hydrogens is 585 g/mol. The minimum absolute atomic E-state index is 0.131. The van der Waals surface area contributed by atoms with Crippen LogP contribution >= 0.6 is 0 Å². The van der Waals surface area contributed by atoms with Gasteiger partial charge in [-0.2, -0.15) is 0 Å². The molecule has 1 saturated carbocycles. The Balaban J connectivity index is 1.09. The number of rotatable bonds is 9. The van der Waals surface area contributed by atoms with Crippen molar-refractivity contribution in [3.8, 4) is 0 Å². The first-order valence-electron chi connectivity index (χ1n) is 16.3. The third-order valence-electron chi connectivity index (χ3n) is 9.01. The minimum atomic E-state index is -0.610. The summed E-state index contributed by atoms with van der Waals surface area (Å²) >= 11 is 0. The number of nitrogens with zero attached hydrogens (tertiary/aromatic N) is 3. The van der Waals surface area contributed by atoms with Crippen LogP contribution in [0.15, 0.2) is 54.6 Å². The van der Waals surface area contributed by atoms with Gasteiger partial charge in [0.15, 0.2) is 0 Å². The van der Waals surface area contributed by atoms with Gasteiger partial charge in [-0.1, -0.05) is 24.3 Å². The largest absolute Gasteiger partial charge is 0.372 e. The van der Waals surface area contributed by atoms with Crippen molar-refractivity contribution in [2.24, 2.45) is 5.92 Å². The van der Waals surface area contributed by atoms with E-state index >= 15 is 0 Å². The van der Waals surface area contributed by atoms with E-state index in [2.05, 4.69) is 64.7 Å². The van der Waals surface area contributed by atoms with E-state index in [1.54, 1.807) is 11.0 Å². The summed E-state index contributed by atoms with van der Waals surface area (Å²) in [7, 11) is 0. The number of ether oxygens (including phenoxy) is 1. The molecule has 6 rings (SSSR count). The molecule has 3 amide bonds. The van der Waals surface area contributed by atoms with Gasteiger partial charge in [-0.3, -0.25) is 14.4 Å². The van der Waals surface area contributed by atoms with E-state index in [0.717, 1.165) is 29.9 Å². The molecule has 3 aliphatic rings. The van der Waals surface area contributed by atoms with Crippen LogP contribution in [-0.4, -0.2) is 72.0 Å². The Morgan fingerprint density at radius 1 is 1.04 bits per heavy atom. The van der Waals surface area contributed by atoms with Crippen LogP contribution in [0.5, 0.6) is 0 Å². The zero-order valence-electron chi connectivity index (χ0n) is 26.7. The lowest BCUT2D eigenvalue weighted by Crippen LogP contribution is -2.49. The molecule has 0 spiro atoms. The SMILES string of the molecule is CC1CN(c2ccc([C@H](C)NC(=O)C3CCCN3C(=O)CNC(=O)c3ccc4cc(F)ccc4n3)c(/C=C/C3CC3)c2)CC(C)O1. The van der Waals surface area contributed by atoms with Crippen molar-refractivity contribution < 1.29 is 23.5 Å². The standard InChI is InChI=1S/C36H42FN5O4/c1-22-20-41(21-23(2)46-22)29-12-13-30(26(18-29)9-8-25-6-7-25)24(3)39-36(45)33-5-4-16-42(33)34(43)19-38-35(44)32-14-10-27-17-28(37)11-15-31(27)40-32/h8-15,17-18,22-25,33H,4-7,16,19-21H2,1-3H3,(H,38,44)(H,39,45)/b9-8+/t22?,23?,24-,33?/m0/s1. The smallest absolute Gasteiger partial charge is 0.270 e. The fourth-order valence-electron chi connectivity index (χ4n) is 6.51. The lowest BCUT2D eigenvalue weighted by atomic mass is 9.98. The molecular formula is C36H42FN5O4. The summed E-state index contributed by atoms with van der Waals surface area (Å²) < 4.78 is 19.4. The number of pyridine rings is 1. The Morgan fingerprint density at radius 2 is 1.83 bits per heavy atom. The molecule has 46 heavy (non-hydrogen) atoms. The van der Waals surface area contributed by atoms with E-state index in [1.165, 1.54) is 37.1 Å². The summed E-state index contributed by atoms with van der Waals surface area (Å²) in [5, 5.41) is 6.38. The van der Waals surface area contributed by atoms with E-state index in [0.29, 0.717) is 36.2 Å². The lowest BCUT2D eigenvalue weighted by molar-refractivity contribution is -0.137. The summed E-state index contributed by atoms with van der Waals surface area (Å²) in [5.41, 5.74) is 3.86. The quantitative estimate of drug-likeness (QED) is 0.346. The van der Waals surface area contributed by atoms with Gasteiger partial charge in [0.25, 0.3) is 5.91 Å². The van der Waals surface area contributed by atoms with Gasteiger partial charge in [0.1, 0.15) is 17.6 Å². The summed E-state index contributed by atoms with van der Waals surface area (Å²) in [6.45, 7) is 8.02. The highest BCUT2D eigenvalue weighted by Crippen LogP contribution is 2.33. The maximum atomic E-state index is 13.6. The van der Waals surface area contributed by atoms with Crippen LogP contribution in [0.4, 0.5) is 10.1 Å². The zero-order valence-corrected chi connectivity index (χ0v) is 26.7. The molecule has 0 bridgehead atoms. The molecule has 1 aliphatic carbocycles. The van der Waals surface area contributed by atoms with Gasteiger partial charge in [0.05, 0.1) is 30.3 Å². The Morgan fingerprint density at radius 3 is 2.59 bits per heavy atom. The average molecular weight is 628 g/mol. The number of anilines is 1. The van der Waals surface area contributed by atoms with Crippen molar-refractivity contribution in [1.29, 1.82) is 0 Å². The van der Waals surface area contributed by atoms with Gasteiger partial charge in [-0.15, -0.1) is 0 Å². The maximum Gasteiger partial charge on any atom is 0.270 e. The Labute approximate surface area is 269 Å². The highest BCUT2D eigenvalue weighted by Gasteiger charge is 2.35. The number of carbonyl (C=O) groups excluding carboxylic acids is 3. The molecule has 3 aromatic rings. The molecule has 0 radical (unpaired) electrons. The molecule has 242 valence electrons. The first-order chi connectivity index (χ1) is 22.1. The number of hydrogen-bond donors (Lipinski definition) is 2. The molecule has 2 saturated heterocycles. The molecule has 4 atom stereocenters. The monoisotopic (exact) mass is 627 g/mol. The summed E-state index contributed by atoms with van der Waals surface area (Å²) in [6, 6.07) is 12.8.